The van der Waals surface area contributed by atoms with Crippen LogP contribution in [0.4, 0.5) is 5.69 Å². The molecule has 0 aliphatic rings. The van der Waals surface area contributed by atoms with Gasteiger partial charge in [-0.3, -0.25) is 0 Å². The predicted molar refractivity (Wildman–Crippen MR) is 85.7 cm³/mol. The topological polar surface area (TPSA) is 64.9 Å². The van der Waals surface area contributed by atoms with Crippen molar-refractivity contribution in [3.05, 3.63) is 64.5 Å². The molecule has 0 saturated heterocycles. The molecule has 0 amide bonds. The number of benzene rings is 2. The molecule has 2 N–H and O–H groups in total. The first-order chi connectivity index (χ1) is 10.2. The number of aromatic nitrogens is 2. The number of hydrogen-bond acceptors (Lipinski definition) is 4. The number of hydrogen-bond donors (Lipinski definition) is 1. The Morgan fingerprint density at radius 1 is 1.05 bits per heavy atom. The maximum Gasteiger partial charge on any atom is 0.227 e. The molecule has 0 saturated carbocycles. The third kappa shape index (κ3) is 3.31. The molecule has 21 heavy (non-hydrogen) atoms. The van der Waals surface area contributed by atoms with Crippen molar-refractivity contribution < 1.29 is 4.52 Å². The number of nitrogens with zero attached hydrogens (tertiary/aromatic N) is 2. The maximum absolute atomic E-state index is 5.77. The van der Waals surface area contributed by atoms with Crippen molar-refractivity contribution in [3.63, 3.8) is 0 Å². The summed E-state index contributed by atoms with van der Waals surface area (Å²) in [6, 6.07) is 15.6. The Balaban J connectivity index is 1.72. The van der Waals surface area contributed by atoms with Crippen LogP contribution >= 0.6 is 15.9 Å². The van der Waals surface area contributed by atoms with Crippen LogP contribution in [0.3, 0.4) is 0 Å². The molecule has 0 aliphatic heterocycles. The average molecular weight is 344 g/mol. The Morgan fingerprint density at radius 3 is 2.71 bits per heavy atom. The highest BCUT2D eigenvalue weighted by Gasteiger charge is 2.11. The second-order valence-electron chi connectivity index (χ2n) is 4.74. The molecule has 3 aromatic rings. The van der Waals surface area contributed by atoms with Crippen molar-refractivity contribution in [2.45, 2.75) is 12.8 Å². The van der Waals surface area contributed by atoms with Gasteiger partial charge < -0.3 is 10.3 Å². The van der Waals surface area contributed by atoms with Crippen molar-refractivity contribution in [1.29, 1.82) is 0 Å². The van der Waals surface area contributed by atoms with Crippen LogP contribution in [0.15, 0.2) is 57.5 Å². The summed E-state index contributed by atoms with van der Waals surface area (Å²) in [5, 5.41) is 4.04. The lowest BCUT2D eigenvalue weighted by molar-refractivity contribution is 0.379. The van der Waals surface area contributed by atoms with Crippen molar-refractivity contribution in [1.82, 2.24) is 10.1 Å². The van der Waals surface area contributed by atoms with E-state index < -0.39 is 0 Å². The second-order valence-corrected chi connectivity index (χ2v) is 5.59. The van der Waals surface area contributed by atoms with E-state index in [1.807, 2.05) is 48.5 Å². The summed E-state index contributed by atoms with van der Waals surface area (Å²) in [5.41, 5.74) is 8.63. The van der Waals surface area contributed by atoms with Gasteiger partial charge in [-0.1, -0.05) is 45.4 Å². The molecule has 1 aromatic heterocycles. The Bertz CT molecular complexity index is 755. The lowest BCUT2D eigenvalue weighted by atomic mass is 10.1. The van der Waals surface area contributed by atoms with Crippen LogP contribution in [0, 0.1) is 0 Å². The molecule has 0 unspecified atom stereocenters. The summed E-state index contributed by atoms with van der Waals surface area (Å²) in [4.78, 5) is 4.44. The highest BCUT2D eigenvalue weighted by molar-refractivity contribution is 9.10. The van der Waals surface area contributed by atoms with E-state index in [2.05, 4.69) is 26.1 Å². The van der Waals surface area contributed by atoms with Gasteiger partial charge in [-0.15, -0.1) is 0 Å². The van der Waals surface area contributed by atoms with Crippen molar-refractivity contribution in [3.8, 4) is 11.4 Å². The number of aryl methyl sites for hydroxylation is 2. The molecule has 0 fully saturated rings. The minimum Gasteiger partial charge on any atom is -0.399 e. The zero-order valence-electron chi connectivity index (χ0n) is 11.3. The van der Waals surface area contributed by atoms with Crippen molar-refractivity contribution in [2.75, 3.05) is 5.73 Å². The van der Waals surface area contributed by atoms with E-state index in [-0.39, 0.29) is 0 Å². The number of rotatable bonds is 4. The summed E-state index contributed by atoms with van der Waals surface area (Å²) in [6.45, 7) is 0. The highest BCUT2D eigenvalue weighted by Crippen LogP contribution is 2.25. The minimum atomic E-state index is 0.602. The van der Waals surface area contributed by atoms with Crippen LogP contribution in [0.5, 0.6) is 0 Å². The Labute approximate surface area is 131 Å². The fourth-order valence-corrected chi connectivity index (χ4v) is 2.57. The van der Waals surface area contributed by atoms with Gasteiger partial charge in [0.2, 0.25) is 11.7 Å². The summed E-state index contributed by atoms with van der Waals surface area (Å²) in [7, 11) is 0. The van der Waals surface area contributed by atoms with Gasteiger partial charge >= 0.3 is 0 Å². The Hall–Kier alpha value is -2.14. The lowest BCUT2D eigenvalue weighted by Gasteiger charge is -1.99. The van der Waals surface area contributed by atoms with Crippen LogP contribution in [0.1, 0.15) is 11.5 Å². The summed E-state index contributed by atoms with van der Waals surface area (Å²) in [6.07, 6.45) is 1.52. The quantitative estimate of drug-likeness (QED) is 0.730. The minimum absolute atomic E-state index is 0.602. The fraction of sp³-hybridized carbons (Fsp3) is 0.125. The van der Waals surface area contributed by atoms with Crippen LogP contribution < -0.4 is 5.73 Å². The molecule has 0 bridgehead atoms. The van der Waals surface area contributed by atoms with Crippen LogP contribution in [0.2, 0.25) is 0 Å². The average Bonchev–Trinajstić information content (AvgIpc) is 2.94. The van der Waals surface area contributed by atoms with Crippen molar-refractivity contribution in [2.24, 2.45) is 0 Å². The first-order valence-electron chi connectivity index (χ1n) is 6.64. The van der Waals surface area contributed by atoms with E-state index in [4.69, 9.17) is 10.3 Å². The van der Waals surface area contributed by atoms with E-state index in [1.54, 1.807) is 0 Å². The molecule has 0 aliphatic carbocycles. The molecule has 2 aromatic carbocycles. The molecule has 0 atom stereocenters. The van der Waals surface area contributed by atoms with E-state index in [0.717, 1.165) is 27.7 Å². The standard InChI is InChI=1S/C16H14BrN3O/c17-14-7-2-1-6-13(14)16-19-15(21-20-16)9-8-11-4-3-5-12(18)10-11/h1-7,10H,8-9,18H2. The zero-order valence-corrected chi connectivity index (χ0v) is 12.9. The molecule has 1 heterocycles. The van der Waals surface area contributed by atoms with Crippen LogP contribution in [-0.4, -0.2) is 10.1 Å². The molecular weight excluding hydrogens is 330 g/mol. The van der Waals surface area contributed by atoms with E-state index in [9.17, 15) is 0 Å². The molecule has 106 valence electrons. The largest absolute Gasteiger partial charge is 0.399 e. The van der Waals surface area contributed by atoms with Gasteiger partial charge in [0.05, 0.1) is 0 Å². The van der Waals surface area contributed by atoms with Gasteiger partial charge in [-0.2, -0.15) is 4.98 Å². The SMILES string of the molecule is Nc1cccc(CCc2nc(-c3ccccc3Br)no2)c1. The van der Waals surface area contributed by atoms with Gasteiger partial charge in [0.25, 0.3) is 0 Å². The number of halogens is 1. The summed E-state index contributed by atoms with van der Waals surface area (Å²) < 4.78 is 6.26. The summed E-state index contributed by atoms with van der Waals surface area (Å²) in [5.74, 6) is 1.23. The lowest BCUT2D eigenvalue weighted by Crippen LogP contribution is -1.93. The molecule has 5 heteroatoms. The van der Waals surface area contributed by atoms with E-state index in [0.29, 0.717) is 18.1 Å². The van der Waals surface area contributed by atoms with Gasteiger partial charge in [0.1, 0.15) is 0 Å². The summed E-state index contributed by atoms with van der Waals surface area (Å²) >= 11 is 3.49. The molecule has 3 rings (SSSR count). The monoisotopic (exact) mass is 343 g/mol. The molecular formula is C16H14BrN3O. The predicted octanol–water partition coefficient (Wildman–Crippen LogP) is 3.87. The molecule has 4 nitrogen and oxygen atoms in total. The number of nitrogen functional groups attached to an aromatic ring is 1. The highest BCUT2D eigenvalue weighted by atomic mass is 79.9. The smallest absolute Gasteiger partial charge is 0.227 e. The normalized spacial score (nSPS) is 10.7. The van der Waals surface area contributed by atoms with Gasteiger partial charge in [-0.25, -0.2) is 0 Å². The number of nitrogens with two attached hydrogens (primary N) is 1. The zero-order chi connectivity index (χ0) is 14.7. The van der Waals surface area contributed by atoms with Gasteiger partial charge in [0.15, 0.2) is 0 Å². The van der Waals surface area contributed by atoms with E-state index >= 15 is 0 Å². The van der Waals surface area contributed by atoms with Gasteiger partial charge in [0, 0.05) is 22.1 Å². The fourth-order valence-electron chi connectivity index (χ4n) is 2.11. The second kappa shape index (κ2) is 6.10. The van der Waals surface area contributed by atoms with Crippen LogP contribution in [0.25, 0.3) is 11.4 Å². The molecule has 0 radical (unpaired) electrons. The Kier molecular flexibility index (Phi) is 4.01. The van der Waals surface area contributed by atoms with E-state index in [1.165, 1.54) is 0 Å². The van der Waals surface area contributed by atoms with Crippen LogP contribution in [-0.2, 0) is 12.8 Å². The van der Waals surface area contributed by atoms with Gasteiger partial charge in [-0.05, 0) is 36.2 Å². The Morgan fingerprint density at radius 2 is 1.90 bits per heavy atom. The molecule has 0 spiro atoms. The third-order valence-corrected chi connectivity index (χ3v) is 3.85. The maximum atomic E-state index is 5.77. The first kappa shape index (κ1) is 13.8. The van der Waals surface area contributed by atoms with Crippen molar-refractivity contribution >= 4 is 21.6 Å². The first-order valence-corrected chi connectivity index (χ1v) is 7.43. The third-order valence-electron chi connectivity index (χ3n) is 3.16. The number of anilines is 1.